The van der Waals surface area contributed by atoms with E-state index in [1.54, 1.807) is 38.2 Å². The van der Waals surface area contributed by atoms with E-state index in [2.05, 4.69) is 30.2 Å². The third-order valence-electron chi connectivity index (χ3n) is 7.13. The van der Waals surface area contributed by atoms with E-state index in [9.17, 15) is 19.4 Å². The number of allylic oxidation sites excluding steroid dienone is 3. The Balaban J connectivity index is 1.30. The normalized spacial score (nSPS) is 17.4. The molecule has 0 bridgehead atoms. The number of nitrogens with zero attached hydrogens (tertiary/aromatic N) is 5. The van der Waals surface area contributed by atoms with Gasteiger partial charge >= 0.3 is 5.97 Å². The zero-order valence-electron chi connectivity index (χ0n) is 23.0. The molecule has 0 radical (unpaired) electrons. The number of nitrogens with one attached hydrogen (secondary N) is 1. The fourth-order valence-corrected chi connectivity index (χ4v) is 4.89. The van der Waals surface area contributed by atoms with Gasteiger partial charge in [0.15, 0.2) is 17.4 Å². The van der Waals surface area contributed by atoms with Crippen LogP contribution in [0, 0.1) is 11.2 Å². The van der Waals surface area contributed by atoms with Crippen LogP contribution in [-0.2, 0) is 16.0 Å². The third kappa shape index (κ3) is 6.79. The Morgan fingerprint density at radius 1 is 1.24 bits per heavy atom. The van der Waals surface area contributed by atoms with Gasteiger partial charge in [-0.25, -0.2) is 19.3 Å². The highest BCUT2D eigenvalue weighted by Crippen LogP contribution is 2.28. The molecule has 3 N–H and O–H groups in total. The summed E-state index contributed by atoms with van der Waals surface area (Å²) in [5.41, 5.74) is 0.397. The standard InChI is InChI=1S/C30H33FN6O4/c1-30(2,28(39)40)14-19-7-5-8-20(13-19)27-22(31)15-33-29(36-27)35-25-16-32-17-26(34-25)37-12-6-9-21(18-37)41-24-11-4-3-10-23(24)38/h4-5,7-8,11,13,15-17,21,38H,3,6,9-10,12,14,18H2,1-2H3,(H,39,40)(H,33,34,35,36). The molecule has 1 atom stereocenters. The molecule has 1 aliphatic carbocycles. The van der Waals surface area contributed by atoms with Gasteiger partial charge in [-0.15, -0.1) is 0 Å². The number of piperidine rings is 1. The average Bonchev–Trinajstić information content (AvgIpc) is 2.95. The second kappa shape index (κ2) is 11.9. The maximum absolute atomic E-state index is 14.8. The number of hydrogen-bond donors (Lipinski definition) is 3. The molecule has 2 aromatic heterocycles. The number of hydrogen-bond acceptors (Lipinski definition) is 9. The zero-order chi connectivity index (χ0) is 29.0. The van der Waals surface area contributed by atoms with Crippen LogP contribution in [0.4, 0.5) is 22.0 Å². The van der Waals surface area contributed by atoms with Crippen molar-refractivity contribution in [3.63, 3.8) is 0 Å². The van der Waals surface area contributed by atoms with Crippen LogP contribution in [0.2, 0.25) is 0 Å². The number of carboxylic acid groups (broad SMARTS) is 1. The van der Waals surface area contributed by atoms with Crippen molar-refractivity contribution in [2.24, 2.45) is 5.41 Å². The third-order valence-corrected chi connectivity index (χ3v) is 7.13. The molecule has 0 saturated carbocycles. The molecule has 41 heavy (non-hydrogen) atoms. The fraction of sp³-hybridized carbons (Fsp3) is 0.367. The van der Waals surface area contributed by atoms with Crippen LogP contribution in [-0.4, -0.2) is 55.3 Å². The van der Waals surface area contributed by atoms with Crippen LogP contribution < -0.4 is 10.2 Å². The maximum Gasteiger partial charge on any atom is 0.309 e. The number of aromatic nitrogens is 4. The van der Waals surface area contributed by atoms with Crippen molar-refractivity contribution < 1.29 is 24.1 Å². The largest absolute Gasteiger partial charge is 0.508 e. The number of aliphatic hydroxyl groups is 1. The number of aliphatic hydroxyl groups excluding tert-OH is 1. The molecular weight excluding hydrogens is 527 g/mol. The van der Waals surface area contributed by atoms with Crippen molar-refractivity contribution in [3.8, 4) is 11.3 Å². The van der Waals surface area contributed by atoms with Gasteiger partial charge in [0.2, 0.25) is 5.95 Å². The first-order chi connectivity index (χ1) is 19.7. The molecule has 0 amide bonds. The van der Waals surface area contributed by atoms with Crippen LogP contribution in [0.1, 0.15) is 45.1 Å². The van der Waals surface area contributed by atoms with E-state index in [4.69, 9.17) is 4.74 Å². The topological polar surface area (TPSA) is 134 Å². The molecule has 214 valence electrons. The Morgan fingerprint density at radius 3 is 2.90 bits per heavy atom. The van der Waals surface area contributed by atoms with Crippen molar-refractivity contribution in [2.75, 3.05) is 23.3 Å². The van der Waals surface area contributed by atoms with E-state index >= 15 is 0 Å². The van der Waals surface area contributed by atoms with Crippen molar-refractivity contribution >= 4 is 23.6 Å². The van der Waals surface area contributed by atoms with E-state index in [1.165, 1.54) is 6.20 Å². The van der Waals surface area contributed by atoms with Gasteiger partial charge in [-0.1, -0.05) is 24.3 Å². The molecule has 10 nitrogen and oxygen atoms in total. The summed E-state index contributed by atoms with van der Waals surface area (Å²) in [4.78, 5) is 31.1. The molecular formula is C30H33FN6O4. The Labute approximate surface area is 237 Å². The Hall–Kier alpha value is -4.54. The van der Waals surface area contributed by atoms with Gasteiger partial charge in [-0.3, -0.25) is 9.78 Å². The molecule has 2 aliphatic rings. The van der Waals surface area contributed by atoms with Gasteiger partial charge in [0, 0.05) is 18.5 Å². The van der Waals surface area contributed by atoms with Crippen molar-refractivity contribution in [1.82, 2.24) is 19.9 Å². The number of carboxylic acids is 1. The molecule has 1 unspecified atom stereocenters. The quantitative estimate of drug-likeness (QED) is 0.305. The van der Waals surface area contributed by atoms with Crippen LogP contribution >= 0.6 is 0 Å². The summed E-state index contributed by atoms with van der Waals surface area (Å²) < 4.78 is 20.9. The summed E-state index contributed by atoms with van der Waals surface area (Å²) in [6, 6.07) is 7.04. The van der Waals surface area contributed by atoms with E-state index in [-0.39, 0.29) is 29.9 Å². The predicted octanol–water partition coefficient (Wildman–Crippen LogP) is 5.57. The Kier molecular flexibility index (Phi) is 8.14. The molecule has 1 saturated heterocycles. The average molecular weight is 561 g/mol. The van der Waals surface area contributed by atoms with Gasteiger partial charge < -0.3 is 25.2 Å². The number of anilines is 3. The molecule has 11 heteroatoms. The second-order valence-electron chi connectivity index (χ2n) is 10.9. The van der Waals surface area contributed by atoms with Gasteiger partial charge in [0.1, 0.15) is 23.4 Å². The lowest BCUT2D eigenvalue weighted by Crippen LogP contribution is -2.40. The number of benzene rings is 1. The fourth-order valence-electron chi connectivity index (χ4n) is 4.89. The van der Waals surface area contributed by atoms with Crippen LogP contribution in [0.5, 0.6) is 0 Å². The van der Waals surface area contributed by atoms with Gasteiger partial charge in [0.25, 0.3) is 0 Å². The highest BCUT2D eigenvalue weighted by Gasteiger charge is 2.28. The summed E-state index contributed by atoms with van der Waals surface area (Å²) in [5, 5.41) is 22.7. The summed E-state index contributed by atoms with van der Waals surface area (Å²) in [7, 11) is 0. The van der Waals surface area contributed by atoms with Crippen LogP contribution in [0.25, 0.3) is 11.3 Å². The smallest absolute Gasteiger partial charge is 0.309 e. The van der Waals surface area contributed by atoms with Crippen LogP contribution in [0.15, 0.2) is 66.5 Å². The van der Waals surface area contributed by atoms with E-state index < -0.39 is 17.2 Å². The lowest BCUT2D eigenvalue weighted by Gasteiger charge is -2.34. The van der Waals surface area contributed by atoms with E-state index in [0.717, 1.165) is 37.6 Å². The highest BCUT2D eigenvalue weighted by atomic mass is 19.1. The minimum atomic E-state index is -0.967. The SMILES string of the molecule is CC(C)(Cc1cccc(-c2nc(Nc3cncc(N4CCCC(OC5=C(O)CCC=C5)C4)n3)ncc2F)c1)C(=O)O. The molecule has 0 spiro atoms. The van der Waals surface area contributed by atoms with Crippen LogP contribution in [0.3, 0.4) is 0 Å². The first kappa shape index (κ1) is 28.0. The molecule has 1 aromatic carbocycles. The number of ether oxygens (including phenoxy) is 1. The van der Waals surface area contributed by atoms with Gasteiger partial charge in [-0.05, 0) is 57.2 Å². The van der Waals surface area contributed by atoms with Gasteiger partial charge in [0.05, 0.1) is 30.6 Å². The summed E-state index contributed by atoms with van der Waals surface area (Å²) in [5.74, 6) is 0.507. The van der Waals surface area contributed by atoms with Crippen molar-refractivity contribution in [1.29, 1.82) is 0 Å². The molecule has 1 fully saturated rings. The number of aliphatic carboxylic acids is 1. The minimum absolute atomic E-state index is 0.0898. The molecule has 1 aliphatic heterocycles. The first-order valence-electron chi connectivity index (χ1n) is 13.6. The molecule has 3 heterocycles. The number of rotatable bonds is 9. The second-order valence-corrected chi connectivity index (χ2v) is 10.9. The maximum atomic E-state index is 14.8. The van der Waals surface area contributed by atoms with E-state index in [1.807, 2.05) is 18.2 Å². The molecule has 5 rings (SSSR count). The summed E-state index contributed by atoms with van der Waals surface area (Å²) in [6.45, 7) is 4.68. The molecule has 3 aromatic rings. The monoisotopic (exact) mass is 560 g/mol. The number of carbonyl (C=O) groups is 1. The Bertz CT molecular complexity index is 1490. The highest BCUT2D eigenvalue weighted by molar-refractivity contribution is 5.74. The Morgan fingerprint density at radius 2 is 2.10 bits per heavy atom. The zero-order valence-corrected chi connectivity index (χ0v) is 23.0. The minimum Gasteiger partial charge on any atom is -0.508 e. The number of halogens is 1. The first-order valence-corrected chi connectivity index (χ1v) is 13.6. The summed E-state index contributed by atoms with van der Waals surface area (Å²) >= 11 is 0. The predicted molar refractivity (Wildman–Crippen MR) is 152 cm³/mol. The lowest BCUT2D eigenvalue weighted by atomic mass is 9.85. The van der Waals surface area contributed by atoms with E-state index in [0.29, 0.717) is 35.9 Å². The van der Waals surface area contributed by atoms with Gasteiger partial charge in [-0.2, -0.15) is 0 Å². The van der Waals surface area contributed by atoms with Crippen molar-refractivity contribution in [3.05, 3.63) is 77.9 Å². The van der Waals surface area contributed by atoms with Crippen molar-refractivity contribution in [2.45, 2.75) is 52.1 Å². The lowest BCUT2D eigenvalue weighted by molar-refractivity contribution is -0.146. The summed E-state index contributed by atoms with van der Waals surface area (Å²) in [6.07, 6.45) is 11.5.